The molecule has 1 amide bonds. The highest BCUT2D eigenvalue weighted by Crippen LogP contribution is 2.30. The number of amides is 1. The van der Waals surface area contributed by atoms with Crippen LogP contribution >= 0.6 is 11.8 Å². The quantitative estimate of drug-likeness (QED) is 0.743. The number of thioether (sulfide) groups is 1. The summed E-state index contributed by atoms with van der Waals surface area (Å²) in [4.78, 5) is 12.1. The molecule has 1 aliphatic heterocycles. The summed E-state index contributed by atoms with van der Waals surface area (Å²) in [5, 5.41) is 15.1. The van der Waals surface area contributed by atoms with Crippen LogP contribution in [0.4, 0.5) is 0 Å². The monoisotopic (exact) mass is 363 g/mol. The van der Waals surface area contributed by atoms with Gasteiger partial charge in [-0.1, -0.05) is 37.7 Å². The summed E-state index contributed by atoms with van der Waals surface area (Å²) in [6.07, 6.45) is -0.199. The topological polar surface area (TPSA) is 91.2 Å². The zero-order valence-corrected chi connectivity index (χ0v) is 15.0. The van der Waals surface area contributed by atoms with Crippen LogP contribution < -0.4 is 14.8 Å². The summed E-state index contributed by atoms with van der Waals surface area (Å²) in [6.45, 7) is 5.71. The molecule has 2 aromatic rings. The van der Waals surface area contributed by atoms with Crippen LogP contribution in [0.2, 0.25) is 0 Å². The molecule has 0 spiro atoms. The standard InChI is InChI=1S/C16H21N5O3S/c1-11(2)8-21-16(18-19-20-21)25-10-15(22)17-7-12-9-23-13-5-3-4-6-14(13)24-12/h3-6,11-12H,7-10H2,1-2H3,(H,17,22)/t12-/m1/s1. The third-order valence-electron chi connectivity index (χ3n) is 3.46. The normalized spacial score (nSPS) is 16.0. The van der Waals surface area contributed by atoms with E-state index in [1.54, 1.807) is 4.68 Å². The van der Waals surface area contributed by atoms with E-state index in [1.807, 2.05) is 24.3 Å². The van der Waals surface area contributed by atoms with Gasteiger partial charge in [0.25, 0.3) is 0 Å². The summed E-state index contributed by atoms with van der Waals surface area (Å²) in [6, 6.07) is 7.51. The van der Waals surface area contributed by atoms with E-state index in [9.17, 15) is 4.79 Å². The van der Waals surface area contributed by atoms with Crippen LogP contribution in [0.25, 0.3) is 0 Å². The summed E-state index contributed by atoms with van der Waals surface area (Å²) >= 11 is 1.32. The number of hydrogen-bond acceptors (Lipinski definition) is 7. The number of para-hydroxylation sites is 2. The van der Waals surface area contributed by atoms with Gasteiger partial charge in [0.15, 0.2) is 11.5 Å². The number of carbonyl (C=O) groups excluding carboxylic acids is 1. The third kappa shape index (κ3) is 4.85. The minimum Gasteiger partial charge on any atom is -0.486 e. The smallest absolute Gasteiger partial charge is 0.230 e. The van der Waals surface area contributed by atoms with Gasteiger partial charge in [-0.2, -0.15) is 0 Å². The van der Waals surface area contributed by atoms with Gasteiger partial charge in [0.2, 0.25) is 11.1 Å². The molecule has 0 bridgehead atoms. The third-order valence-corrected chi connectivity index (χ3v) is 4.42. The summed E-state index contributed by atoms with van der Waals surface area (Å²) in [7, 11) is 0. The number of nitrogens with one attached hydrogen (secondary N) is 1. The van der Waals surface area contributed by atoms with Crippen molar-refractivity contribution in [2.75, 3.05) is 18.9 Å². The van der Waals surface area contributed by atoms with Crippen LogP contribution in [0.3, 0.4) is 0 Å². The number of benzene rings is 1. The van der Waals surface area contributed by atoms with Crippen molar-refractivity contribution >= 4 is 17.7 Å². The Hall–Kier alpha value is -2.29. The molecule has 2 heterocycles. The lowest BCUT2D eigenvalue weighted by molar-refractivity contribution is -0.119. The van der Waals surface area contributed by atoms with Crippen molar-refractivity contribution in [3.8, 4) is 11.5 Å². The Labute approximate surface area is 150 Å². The highest BCUT2D eigenvalue weighted by Gasteiger charge is 2.21. The second-order valence-electron chi connectivity index (χ2n) is 6.13. The van der Waals surface area contributed by atoms with Crippen LogP contribution in [-0.2, 0) is 11.3 Å². The number of aromatic nitrogens is 4. The van der Waals surface area contributed by atoms with Crippen molar-refractivity contribution in [2.24, 2.45) is 5.92 Å². The maximum Gasteiger partial charge on any atom is 0.230 e. The Bertz CT molecular complexity index is 721. The molecular formula is C16H21N5O3S. The largest absolute Gasteiger partial charge is 0.486 e. The van der Waals surface area contributed by atoms with E-state index in [-0.39, 0.29) is 17.8 Å². The first kappa shape index (κ1) is 17.5. The molecule has 134 valence electrons. The van der Waals surface area contributed by atoms with E-state index >= 15 is 0 Å². The van der Waals surface area contributed by atoms with Crippen LogP contribution in [0.15, 0.2) is 29.4 Å². The molecule has 1 aromatic heterocycles. The van der Waals surface area contributed by atoms with Crippen molar-refractivity contribution in [3.05, 3.63) is 24.3 Å². The lowest BCUT2D eigenvalue weighted by Crippen LogP contribution is -2.41. The number of ether oxygens (including phenoxy) is 2. The number of hydrogen-bond donors (Lipinski definition) is 1. The molecule has 0 saturated heterocycles. The molecule has 8 nitrogen and oxygen atoms in total. The highest BCUT2D eigenvalue weighted by molar-refractivity contribution is 7.99. The zero-order chi connectivity index (χ0) is 17.6. The van der Waals surface area contributed by atoms with Crippen LogP contribution in [0.1, 0.15) is 13.8 Å². The Morgan fingerprint density at radius 1 is 1.40 bits per heavy atom. The lowest BCUT2D eigenvalue weighted by Gasteiger charge is -2.26. The SMILES string of the molecule is CC(C)Cn1nnnc1SCC(=O)NC[C@@H]1COc2ccccc2O1. The van der Waals surface area contributed by atoms with Gasteiger partial charge in [-0.3, -0.25) is 4.79 Å². The molecule has 0 unspecified atom stereocenters. The zero-order valence-electron chi connectivity index (χ0n) is 14.2. The number of tetrazole rings is 1. The van der Waals surface area contributed by atoms with E-state index in [0.717, 1.165) is 12.3 Å². The van der Waals surface area contributed by atoms with E-state index in [1.165, 1.54) is 11.8 Å². The van der Waals surface area contributed by atoms with Gasteiger partial charge >= 0.3 is 0 Å². The Morgan fingerprint density at radius 3 is 3.00 bits per heavy atom. The minimum absolute atomic E-state index is 0.0912. The fraction of sp³-hybridized carbons (Fsp3) is 0.500. The van der Waals surface area contributed by atoms with E-state index in [0.29, 0.717) is 30.0 Å². The fourth-order valence-corrected chi connectivity index (χ4v) is 3.05. The first-order valence-corrected chi connectivity index (χ1v) is 9.14. The fourth-order valence-electron chi connectivity index (χ4n) is 2.33. The maximum absolute atomic E-state index is 12.1. The number of carbonyl (C=O) groups is 1. The highest BCUT2D eigenvalue weighted by atomic mass is 32.2. The molecule has 0 fully saturated rings. The van der Waals surface area contributed by atoms with Crippen LogP contribution in [0.5, 0.6) is 11.5 Å². The van der Waals surface area contributed by atoms with Gasteiger partial charge < -0.3 is 14.8 Å². The number of fused-ring (bicyclic) bond motifs is 1. The Kier molecular flexibility index (Phi) is 5.75. The number of rotatable bonds is 7. The van der Waals surface area contributed by atoms with E-state index < -0.39 is 0 Å². The molecular weight excluding hydrogens is 342 g/mol. The summed E-state index contributed by atoms with van der Waals surface area (Å²) in [5.41, 5.74) is 0. The summed E-state index contributed by atoms with van der Waals surface area (Å²) in [5.74, 6) is 2.03. The first-order chi connectivity index (χ1) is 12.1. The average Bonchev–Trinajstić information content (AvgIpc) is 3.04. The van der Waals surface area contributed by atoms with Crippen molar-refractivity contribution in [2.45, 2.75) is 31.7 Å². The molecule has 0 saturated carbocycles. The van der Waals surface area contributed by atoms with Crippen LogP contribution in [-0.4, -0.2) is 51.1 Å². The minimum atomic E-state index is -0.199. The first-order valence-electron chi connectivity index (χ1n) is 8.16. The Morgan fingerprint density at radius 2 is 2.20 bits per heavy atom. The van der Waals surface area contributed by atoms with Gasteiger partial charge in [0, 0.05) is 6.54 Å². The van der Waals surface area contributed by atoms with Gasteiger partial charge in [-0.05, 0) is 28.5 Å². The second-order valence-corrected chi connectivity index (χ2v) is 7.07. The second kappa shape index (κ2) is 8.19. The molecule has 9 heteroatoms. The van der Waals surface area contributed by atoms with Crippen molar-refractivity contribution in [3.63, 3.8) is 0 Å². The van der Waals surface area contributed by atoms with Gasteiger partial charge in [0.1, 0.15) is 12.7 Å². The molecule has 3 rings (SSSR count). The van der Waals surface area contributed by atoms with Crippen molar-refractivity contribution in [1.82, 2.24) is 25.5 Å². The van der Waals surface area contributed by atoms with E-state index in [4.69, 9.17) is 9.47 Å². The van der Waals surface area contributed by atoms with Gasteiger partial charge in [-0.25, -0.2) is 4.68 Å². The lowest BCUT2D eigenvalue weighted by atomic mass is 10.2. The van der Waals surface area contributed by atoms with Crippen molar-refractivity contribution < 1.29 is 14.3 Å². The van der Waals surface area contributed by atoms with Crippen molar-refractivity contribution in [1.29, 1.82) is 0 Å². The molecule has 1 N–H and O–H groups in total. The molecule has 0 radical (unpaired) electrons. The summed E-state index contributed by atoms with van der Waals surface area (Å²) < 4.78 is 13.2. The molecule has 25 heavy (non-hydrogen) atoms. The predicted molar refractivity (Wildman–Crippen MR) is 92.7 cm³/mol. The van der Waals surface area contributed by atoms with Crippen LogP contribution in [0, 0.1) is 5.92 Å². The maximum atomic E-state index is 12.1. The van der Waals surface area contributed by atoms with Gasteiger partial charge in [-0.15, -0.1) is 5.10 Å². The van der Waals surface area contributed by atoms with E-state index in [2.05, 4.69) is 34.7 Å². The molecule has 1 aliphatic rings. The van der Waals surface area contributed by atoms with Gasteiger partial charge in [0.05, 0.1) is 12.3 Å². The predicted octanol–water partition coefficient (Wildman–Crippen LogP) is 1.38. The molecule has 1 aromatic carbocycles. The molecule has 1 atom stereocenters. The number of nitrogens with zero attached hydrogens (tertiary/aromatic N) is 4. The Balaban J connectivity index is 1.43. The molecule has 0 aliphatic carbocycles. The average molecular weight is 363 g/mol.